The first-order valence-electron chi connectivity index (χ1n) is 14.1. The van der Waals surface area contributed by atoms with Crippen LogP contribution in [0, 0.1) is 5.92 Å². The van der Waals surface area contributed by atoms with E-state index in [9.17, 15) is 29.4 Å². The number of carboxylic acid groups (broad SMARTS) is 1. The fourth-order valence-electron chi connectivity index (χ4n) is 4.33. The van der Waals surface area contributed by atoms with Crippen LogP contribution in [0.15, 0.2) is 53.7 Å². The number of rotatable bonds is 16. The topological polar surface area (TPSA) is 170 Å². The number of hydrogen-bond acceptors (Lipinski definition) is 10. The molecule has 5 N–H and O–H groups in total. The van der Waals surface area contributed by atoms with Crippen molar-refractivity contribution in [2.24, 2.45) is 5.92 Å². The molecule has 12 nitrogen and oxygen atoms in total. The molecule has 1 saturated heterocycles. The van der Waals surface area contributed by atoms with E-state index < -0.39 is 35.9 Å². The molecular weight excluding hydrogens is 594 g/mol. The van der Waals surface area contributed by atoms with Gasteiger partial charge in [0, 0.05) is 31.3 Å². The fraction of sp³-hybridized carbons (Fsp3) is 0.483. The number of carbonyl (C=O) groups is 4. The average Bonchev–Trinajstić information content (AvgIpc) is 2.99. The van der Waals surface area contributed by atoms with Crippen molar-refractivity contribution in [3.05, 3.63) is 54.2 Å². The maximum atomic E-state index is 13.5. The zero-order chi connectivity index (χ0) is 31.2. The van der Waals surface area contributed by atoms with Crippen molar-refractivity contribution in [2.45, 2.75) is 62.7 Å². The summed E-state index contributed by atoms with van der Waals surface area (Å²) in [5.74, 6) is -2.04. The van der Waals surface area contributed by atoms with Crippen LogP contribution in [0.1, 0.15) is 38.7 Å². The predicted molar refractivity (Wildman–Crippen MR) is 164 cm³/mol. The molecule has 2 aromatic rings. The summed E-state index contributed by atoms with van der Waals surface area (Å²) in [7, 11) is 3.15. The van der Waals surface area contributed by atoms with E-state index >= 15 is 0 Å². The van der Waals surface area contributed by atoms with Gasteiger partial charge in [0.05, 0.1) is 13.2 Å². The Bertz CT molecular complexity index is 1220. The Kier molecular flexibility index (Phi) is 14.1. The highest BCUT2D eigenvalue weighted by Gasteiger charge is 2.34. The monoisotopic (exact) mass is 633 g/mol. The van der Waals surface area contributed by atoms with Gasteiger partial charge in [-0.05, 0) is 59.4 Å². The molecule has 1 aromatic heterocycles. The third kappa shape index (κ3) is 11.7. The Morgan fingerprint density at radius 1 is 1.14 bits per heavy atom. The number of amides is 3. The number of carbonyl (C=O) groups excluding carboxylic acids is 3. The van der Waals surface area contributed by atoms with Crippen molar-refractivity contribution in [3.8, 4) is 5.75 Å². The molecule has 0 radical (unpaired) electrons. The highest BCUT2D eigenvalue weighted by molar-refractivity contribution is 8.76. The number of pyridine rings is 1. The number of nitrogens with zero attached hydrogens (tertiary/aromatic N) is 2. The quantitative estimate of drug-likeness (QED) is 0.136. The van der Waals surface area contributed by atoms with Gasteiger partial charge >= 0.3 is 5.97 Å². The van der Waals surface area contributed by atoms with Crippen molar-refractivity contribution in [1.29, 1.82) is 0 Å². The maximum absolute atomic E-state index is 13.5. The van der Waals surface area contributed by atoms with Crippen molar-refractivity contribution in [3.63, 3.8) is 0 Å². The molecule has 0 spiro atoms. The molecule has 1 fully saturated rings. The normalized spacial score (nSPS) is 16.3. The average molecular weight is 634 g/mol. The molecule has 234 valence electrons. The van der Waals surface area contributed by atoms with Crippen LogP contribution in [0.4, 0.5) is 0 Å². The third-order valence-electron chi connectivity index (χ3n) is 6.55. The van der Waals surface area contributed by atoms with Crippen LogP contribution in [0.2, 0.25) is 0 Å². The zero-order valence-corrected chi connectivity index (χ0v) is 25.9. The van der Waals surface area contributed by atoms with Gasteiger partial charge in [-0.25, -0.2) is 10.4 Å². The van der Waals surface area contributed by atoms with Crippen LogP contribution < -0.4 is 16.1 Å². The number of aromatic nitrogens is 1. The first-order valence-corrected chi connectivity index (χ1v) is 16.4. The molecule has 3 rings (SSSR count). The number of benzene rings is 1. The van der Waals surface area contributed by atoms with E-state index in [1.54, 1.807) is 53.8 Å². The summed E-state index contributed by atoms with van der Waals surface area (Å²) in [4.78, 5) is 55.3. The molecule has 14 heteroatoms. The van der Waals surface area contributed by atoms with Crippen molar-refractivity contribution in [2.75, 3.05) is 25.5 Å². The fourth-order valence-corrected chi connectivity index (χ4v) is 6.07. The Morgan fingerprint density at radius 2 is 1.95 bits per heavy atom. The summed E-state index contributed by atoms with van der Waals surface area (Å²) in [5, 5.41) is 27.0. The number of nitrogens with one attached hydrogen (secondary N) is 3. The molecule has 3 amide bonds. The molecule has 1 aliphatic heterocycles. The number of hydrogen-bond donors (Lipinski definition) is 5. The van der Waals surface area contributed by atoms with Gasteiger partial charge in [-0.3, -0.25) is 24.2 Å². The second-order valence-electron chi connectivity index (χ2n) is 10.3. The van der Waals surface area contributed by atoms with Gasteiger partial charge in [0.25, 0.3) is 5.91 Å². The van der Waals surface area contributed by atoms with Gasteiger partial charge in [-0.2, -0.15) is 0 Å². The van der Waals surface area contributed by atoms with Crippen molar-refractivity contribution < 1.29 is 34.1 Å². The molecule has 2 heterocycles. The minimum absolute atomic E-state index is 0.0113. The lowest BCUT2D eigenvalue weighted by molar-refractivity contribution is -0.148. The summed E-state index contributed by atoms with van der Waals surface area (Å²) < 4.78 is 5.57. The van der Waals surface area contributed by atoms with E-state index in [1.165, 1.54) is 17.1 Å². The van der Waals surface area contributed by atoms with Crippen molar-refractivity contribution >= 4 is 45.3 Å². The van der Waals surface area contributed by atoms with Crippen LogP contribution >= 0.6 is 21.6 Å². The molecule has 43 heavy (non-hydrogen) atoms. The summed E-state index contributed by atoms with van der Waals surface area (Å²) in [6, 6.07) is 9.13. The number of ether oxygens (including phenoxy) is 1. The number of phenols is 1. The lowest BCUT2D eigenvalue weighted by atomic mass is 10.00. The lowest BCUT2D eigenvalue weighted by Gasteiger charge is -2.35. The van der Waals surface area contributed by atoms with Crippen LogP contribution in [0.25, 0.3) is 0 Å². The SMILES string of the molecule is CC(C)C(NC(=O)CCOCCSSc1ccccn1)C(=O)NC(Cc1cccc(O)c1)C(=O)N1CCCC(C(=O)O)N1. The first kappa shape index (κ1) is 34.2. The van der Waals surface area contributed by atoms with Gasteiger partial charge in [0.15, 0.2) is 0 Å². The van der Waals surface area contributed by atoms with Crippen LogP contribution in [0.3, 0.4) is 0 Å². The van der Waals surface area contributed by atoms with Crippen LogP contribution in [-0.4, -0.2) is 87.5 Å². The summed E-state index contributed by atoms with van der Waals surface area (Å²) in [6.45, 7) is 4.50. The molecule has 0 saturated carbocycles. The van der Waals surface area contributed by atoms with E-state index in [1.807, 2.05) is 18.2 Å². The number of aromatic hydroxyl groups is 1. The molecule has 1 aromatic carbocycles. The molecular formula is C29H39N5O7S2. The van der Waals surface area contributed by atoms with Gasteiger partial charge in [-0.1, -0.05) is 42.8 Å². The van der Waals surface area contributed by atoms with Gasteiger partial charge in [-0.15, -0.1) is 0 Å². The molecule has 3 atom stereocenters. The van der Waals surface area contributed by atoms with Gasteiger partial charge in [0.2, 0.25) is 11.8 Å². The maximum Gasteiger partial charge on any atom is 0.322 e. The van der Waals surface area contributed by atoms with Gasteiger partial charge in [0.1, 0.15) is 28.9 Å². The second kappa shape index (κ2) is 17.7. The summed E-state index contributed by atoms with van der Waals surface area (Å²) >= 11 is 0. The number of hydrazine groups is 1. The molecule has 0 bridgehead atoms. The van der Waals surface area contributed by atoms with E-state index in [2.05, 4.69) is 21.0 Å². The largest absolute Gasteiger partial charge is 0.508 e. The van der Waals surface area contributed by atoms with Gasteiger partial charge < -0.3 is 25.6 Å². The van der Waals surface area contributed by atoms with Crippen LogP contribution in [0.5, 0.6) is 5.75 Å². The summed E-state index contributed by atoms with van der Waals surface area (Å²) in [6.07, 6.45) is 2.71. The van der Waals surface area contributed by atoms with Crippen molar-refractivity contribution in [1.82, 2.24) is 26.1 Å². The van der Waals surface area contributed by atoms with E-state index in [4.69, 9.17) is 4.74 Å². The molecule has 3 unspecified atom stereocenters. The number of phenolic OH excluding ortho intramolecular Hbond substituents is 1. The minimum atomic E-state index is -1.07. The second-order valence-corrected chi connectivity index (χ2v) is 12.7. The Morgan fingerprint density at radius 3 is 2.65 bits per heavy atom. The Hall–Kier alpha value is -3.33. The van der Waals surface area contributed by atoms with E-state index in [0.717, 1.165) is 5.03 Å². The minimum Gasteiger partial charge on any atom is -0.508 e. The highest BCUT2D eigenvalue weighted by Crippen LogP contribution is 2.28. The smallest absolute Gasteiger partial charge is 0.322 e. The number of aliphatic carboxylic acids is 1. The van der Waals surface area contributed by atoms with Crippen LogP contribution in [-0.2, 0) is 30.3 Å². The van der Waals surface area contributed by atoms with E-state index in [-0.39, 0.29) is 43.6 Å². The predicted octanol–water partition coefficient (Wildman–Crippen LogP) is 2.38. The van der Waals surface area contributed by atoms with E-state index in [0.29, 0.717) is 30.8 Å². The Labute approximate surface area is 259 Å². The lowest BCUT2D eigenvalue weighted by Crippen LogP contribution is -2.61. The molecule has 1 aliphatic rings. The Balaban J connectivity index is 1.54. The number of carboxylic acids is 1. The zero-order valence-electron chi connectivity index (χ0n) is 24.2. The highest BCUT2D eigenvalue weighted by atomic mass is 33.1. The first-order chi connectivity index (χ1) is 20.6. The molecule has 0 aliphatic carbocycles. The summed E-state index contributed by atoms with van der Waals surface area (Å²) in [5.41, 5.74) is 3.33. The standard InChI is InChI=1S/C29H39N5O7S2/c1-19(2)26(32-24(36)11-14-41-15-16-42-43-25-10-3-4-12-30-25)27(37)31-23(18-20-7-5-8-21(35)17-20)28(38)34-13-6-9-22(33-34)29(39)40/h3-5,7-8,10,12,17,19,22-23,26,33,35H,6,9,11,13-16,18H2,1-2H3,(H,31,37)(H,32,36)(H,39,40). The third-order valence-corrected chi connectivity index (χ3v) is 8.78.